The number of amides is 1. The number of benzene rings is 3. The van der Waals surface area contributed by atoms with Crippen LogP contribution in [0.2, 0.25) is 0 Å². The summed E-state index contributed by atoms with van der Waals surface area (Å²) in [6.07, 6.45) is 1.97. The highest BCUT2D eigenvalue weighted by Gasteiger charge is 2.34. The van der Waals surface area contributed by atoms with Gasteiger partial charge in [0, 0.05) is 28.6 Å². The number of fused-ring (bicyclic) bond motifs is 1. The maximum atomic E-state index is 13.9. The summed E-state index contributed by atoms with van der Waals surface area (Å²) in [5.41, 5.74) is 2.74. The fraction of sp³-hybridized carbons (Fsp3) is 0.276. The van der Waals surface area contributed by atoms with Crippen molar-refractivity contribution in [3.05, 3.63) is 89.2 Å². The molecule has 1 aromatic heterocycles. The number of alkyl halides is 3. The largest absolute Gasteiger partial charge is 0.416 e. The van der Waals surface area contributed by atoms with Crippen molar-refractivity contribution in [2.24, 2.45) is 0 Å². The highest BCUT2D eigenvalue weighted by Crippen LogP contribution is 2.35. The normalized spacial score (nSPS) is 14.6. The van der Waals surface area contributed by atoms with Crippen molar-refractivity contribution in [3.8, 4) is 11.1 Å². The lowest BCUT2D eigenvalue weighted by Crippen LogP contribution is -2.30. The Morgan fingerprint density at radius 3 is 2.43 bits per heavy atom. The maximum Gasteiger partial charge on any atom is 0.416 e. The Kier molecular flexibility index (Phi) is 6.93. The van der Waals surface area contributed by atoms with Gasteiger partial charge in [0.05, 0.1) is 18.0 Å². The van der Waals surface area contributed by atoms with Crippen LogP contribution in [0.3, 0.4) is 0 Å². The van der Waals surface area contributed by atoms with Gasteiger partial charge in [-0.05, 0) is 85.4 Å². The molecule has 0 aliphatic carbocycles. The summed E-state index contributed by atoms with van der Waals surface area (Å²) in [7, 11) is 0. The van der Waals surface area contributed by atoms with E-state index in [9.17, 15) is 18.0 Å². The number of carbonyl (C=O) groups is 1. The predicted molar refractivity (Wildman–Crippen MR) is 138 cm³/mol. The average Bonchev–Trinajstić information content (AvgIpc) is 2.89. The number of likely N-dealkylation sites (tertiary alicyclic amines) is 1. The van der Waals surface area contributed by atoms with Gasteiger partial charge in [0.2, 0.25) is 0 Å². The minimum absolute atomic E-state index is 0.117. The van der Waals surface area contributed by atoms with Crippen LogP contribution in [-0.2, 0) is 12.7 Å². The topological polar surface area (TPSA) is 58.1 Å². The van der Waals surface area contributed by atoms with Crippen molar-refractivity contribution < 1.29 is 18.0 Å². The lowest BCUT2D eigenvalue weighted by molar-refractivity contribution is -0.138. The molecule has 1 aliphatic heterocycles. The molecule has 0 bridgehead atoms. The Morgan fingerprint density at radius 2 is 1.68 bits per heavy atom. The fourth-order valence-corrected chi connectivity index (χ4v) is 4.85. The molecule has 1 saturated heterocycles. The Hall–Kier alpha value is -3.78. The molecule has 1 N–H and O–H groups in total. The molecule has 190 valence electrons. The second kappa shape index (κ2) is 10.3. The number of piperidine rings is 1. The van der Waals surface area contributed by atoms with Gasteiger partial charge in [0.25, 0.3) is 5.91 Å². The van der Waals surface area contributed by atoms with Crippen LogP contribution in [0.15, 0.2) is 67.0 Å². The quantitative estimate of drug-likeness (QED) is 0.323. The summed E-state index contributed by atoms with van der Waals surface area (Å²) in [5.74, 6) is -0.468. The van der Waals surface area contributed by atoms with Gasteiger partial charge in [-0.1, -0.05) is 30.7 Å². The average molecular weight is 505 g/mol. The van der Waals surface area contributed by atoms with E-state index < -0.39 is 17.6 Å². The summed E-state index contributed by atoms with van der Waals surface area (Å²) >= 11 is 0. The standard InChI is InChI=1S/C29H27F3N4O/c1-19-5-6-21(14-26(19)20-7-8-22-16-33-34-17-24(22)13-20)28(37)35-25-10-9-23(27(15-25)29(30,31)32)18-36-11-3-2-4-12-36/h5-10,13-17H,2-4,11-12,18H2,1H3,(H,35,37). The molecule has 4 aromatic rings. The Bertz CT molecular complexity index is 1450. The number of anilines is 1. The fourth-order valence-electron chi connectivity index (χ4n) is 4.85. The number of hydrogen-bond donors (Lipinski definition) is 1. The first-order chi connectivity index (χ1) is 17.8. The maximum absolute atomic E-state index is 13.9. The lowest BCUT2D eigenvalue weighted by atomic mass is 9.96. The number of aryl methyl sites for hydroxylation is 1. The van der Waals surface area contributed by atoms with Crippen LogP contribution < -0.4 is 5.32 Å². The molecule has 3 aromatic carbocycles. The van der Waals surface area contributed by atoms with E-state index in [0.717, 1.165) is 65.9 Å². The lowest BCUT2D eigenvalue weighted by Gasteiger charge is -2.27. The van der Waals surface area contributed by atoms with Crippen LogP contribution in [0.25, 0.3) is 21.9 Å². The molecule has 8 heteroatoms. The minimum atomic E-state index is -4.51. The number of carbonyl (C=O) groups excluding carboxylic acids is 1. The third kappa shape index (κ3) is 5.64. The molecule has 1 fully saturated rings. The first kappa shape index (κ1) is 24.9. The molecule has 0 saturated carbocycles. The van der Waals surface area contributed by atoms with Crippen LogP contribution in [0.1, 0.15) is 46.3 Å². The highest BCUT2D eigenvalue weighted by atomic mass is 19.4. The summed E-state index contributed by atoms with van der Waals surface area (Å²) in [6.45, 7) is 3.80. The molecular formula is C29H27F3N4O. The number of nitrogens with one attached hydrogen (secondary N) is 1. The number of aromatic nitrogens is 2. The van der Waals surface area contributed by atoms with Crippen molar-refractivity contribution in [2.45, 2.75) is 38.9 Å². The van der Waals surface area contributed by atoms with Crippen LogP contribution in [0.4, 0.5) is 18.9 Å². The number of hydrogen-bond acceptors (Lipinski definition) is 4. The van der Waals surface area contributed by atoms with Crippen molar-refractivity contribution >= 4 is 22.4 Å². The molecule has 0 atom stereocenters. The monoisotopic (exact) mass is 504 g/mol. The number of halogens is 3. The molecule has 2 heterocycles. The summed E-state index contributed by atoms with van der Waals surface area (Å²) in [6, 6.07) is 15.2. The van der Waals surface area contributed by atoms with E-state index in [4.69, 9.17) is 0 Å². The second-order valence-corrected chi connectivity index (χ2v) is 9.52. The minimum Gasteiger partial charge on any atom is -0.322 e. The highest BCUT2D eigenvalue weighted by molar-refractivity contribution is 6.05. The summed E-state index contributed by atoms with van der Waals surface area (Å²) in [4.78, 5) is 15.1. The van der Waals surface area contributed by atoms with Crippen LogP contribution in [0, 0.1) is 6.92 Å². The second-order valence-electron chi connectivity index (χ2n) is 9.52. The van der Waals surface area contributed by atoms with Gasteiger partial charge in [-0.25, -0.2) is 0 Å². The van der Waals surface area contributed by atoms with E-state index in [1.165, 1.54) is 6.07 Å². The van der Waals surface area contributed by atoms with E-state index in [0.29, 0.717) is 5.56 Å². The molecule has 0 radical (unpaired) electrons. The van der Waals surface area contributed by atoms with Gasteiger partial charge in [-0.15, -0.1) is 0 Å². The van der Waals surface area contributed by atoms with Crippen molar-refractivity contribution in [3.63, 3.8) is 0 Å². The summed E-state index contributed by atoms with van der Waals surface area (Å²) in [5, 5.41) is 12.4. The van der Waals surface area contributed by atoms with E-state index in [1.54, 1.807) is 30.6 Å². The molecule has 5 nitrogen and oxygen atoms in total. The van der Waals surface area contributed by atoms with Gasteiger partial charge in [0.15, 0.2) is 0 Å². The van der Waals surface area contributed by atoms with E-state index in [1.807, 2.05) is 31.2 Å². The van der Waals surface area contributed by atoms with E-state index in [2.05, 4.69) is 20.4 Å². The third-order valence-electron chi connectivity index (χ3n) is 6.87. The first-order valence-electron chi connectivity index (χ1n) is 12.3. The van der Waals surface area contributed by atoms with Gasteiger partial charge in [-0.3, -0.25) is 9.69 Å². The summed E-state index contributed by atoms with van der Waals surface area (Å²) < 4.78 is 41.7. The SMILES string of the molecule is Cc1ccc(C(=O)Nc2ccc(CN3CCCCC3)c(C(F)(F)F)c2)cc1-c1ccc2cnncc2c1. The van der Waals surface area contributed by atoms with Crippen molar-refractivity contribution in [1.82, 2.24) is 15.1 Å². The number of nitrogens with zero attached hydrogens (tertiary/aromatic N) is 3. The predicted octanol–water partition coefficient (Wildman–Crippen LogP) is 6.86. The van der Waals surface area contributed by atoms with Crippen molar-refractivity contribution in [1.29, 1.82) is 0 Å². The molecule has 1 amide bonds. The zero-order valence-corrected chi connectivity index (χ0v) is 20.5. The van der Waals surface area contributed by atoms with Gasteiger partial charge in [0.1, 0.15) is 0 Å². The van der Waals surface area contributed by atoms with Crippen LogP contribution in [0.5, 0.6) is 0 Å². The molecule has 37 heavy (non-hydrogen) atoms. The first-order valence-corrected chi connectivity index (χ1v) is 12.3. The van der Waals surface area contributed by atoms with Gasteiger partial charge in [-0.2, -0.15) is 23.4 Å². The van der Waals surface area contributed by atoms with Crippen LogP contribution >= 0.6 is 0 Å². The molecule has 0 unspecified atom stereocenters. The zero-order chi connectivity index (χ0) is 26.0. The third-order valence-corrected chi connectivity index (χ3v) is 6.87. The van der Waals surface area contributed by atoms with Crippen molar-refractivity contribution in [2.75, 3.05) is 18.4 Å². The van der Waals surface area contributed by atoms with E-state index in [-0.39, 0.29) is 17.8 Å². The zero-order valence-electron chi connectivity index (χ0n) is 20.5. The smallest absolute Gasteiger partial charge is 0.322 e. The molecule has 1 aliphatic rings. The molecule has 5 rings (SSSR count). The Morgan fingerprint density at radius 1 is 0.919 bits per heavy atom. The van der Waals surface area contributed by atoms with Gasteiger partial charge >= 0.3 is 6.18 Å². The molecular weight excluding hydrogens is 477 g/mol. The molecule has 0 spiro atoms. The number of rotatable bonds is 5. The Labute approximate surface area is 213 Å². The van der Waals surface area contributed by atoms with Crippen LogP contribution in [-0.4, -0.2) is 34.1 Å². The van der Waals surface area contributed by atoms with E-state index >= 15 is 0 Å². The van der Waals surface area contributed by atoms with Gasteiger partial charge < -0.3 is 5.32 Å². The Balaban J connectivity index is 1.39.